The molecule has 24 heavy (non-hydrogen) atoms. The largest absolute Gasteiger partial charge is 0.482 e. The van der Waals surface area contributed by atoms with Crippen molar-refractivity contribution in [2.45, 2.75) is 25.7 Å². The second-order valence-corrected chi connectivity index (χ2v) is 5.72. The number of hydrogen-bond acceptors (Lipinski definition) is 4. The quantitative estimate of drug-likeness (QED) is 0.802. The van der Waals surface area contributed by atoms with Crippen LogP contribution in [-0.2, 0) is 11.3 Å². The van der Waals surface area contributed by atoms with Crippen LogP contribution >= 0.6 is 0 Å². The molecule has 0 radical (unpaired) electrons. The predicted octanol–water partition coefficient (Wildman–Crippen LogP) is 2.18. The van der Waals surface area contributed by atoms with Crippen LogP contribution in [0.15, 0.2) is 54.9 Å². The summed E-state index contributed by atoms with van der Waals surface area (Å²) in [4.78, 5) is 16.9. The molecule has 1 aromatic carbocycles. The van der Waals surface area contributed by atoms with Gasteiger partial charge in [0.25, 0.3) is 5.91 Å². The van der Waals surface area contributed by atoms with Crippen molar-refractivity contribution < 1.29 is 14.3 Å². The highest BCUT2D eigenvalue weighted by molar-refractivity contribution is 5.82. The van der Waals surface area contributed by atoms with Gasteiger partial charge in [-0.25, -0.2) is 4.98 Å². The SMILES string of the molecule is C[C@H]1Oc2ccccc2O[C@H]1C(=O)NCc1cn2ccccc2n1. The second kappa shape index (κ2) is 5.88. The Bertz CT molecular complexity index is 857. The highest BCUT2D eigenvalue weighted by Crippen LogP contribution is 2.33. The van der Waals surface area contributed by atoms with Crippen molar-refractivity contribution in [3.05, 3.63) is 60.6 Å². The van der Waals surface area contributed by atoms with Gasteiger partial charge in [0.15, 0.2) is 11.5 Å². The van der Waals surface area contributed by atoms with E-state index < -0.39 is 6.10 Å². The molecule has 0 unspecified atom stereocenters. The van der Waals surface area contributed by atoms with E-state index in [-0.39, 0.29) is 12.0 Å². The van der Waals surface area contributed by atoms with E-state index in [9.17, 15) is 4.79 Å². The first-order valence-corrected chi connectivity index (χ1v) is 7.83. The topological polar surface area (TPSA) is 64.9 Å². The van der Waals surface area contributed by atoms with Crippen molar-refractivity contribution in [3.8, 4) is 11.5 Å². The van der Waals surface area contributed by atoms with E-state index in [2.05, 4.69) is 10.3 Å². The highest BCUT2D eigenvalue weighted by atomic mass is 16.6. The highest BCUT2D eigenvalue weighted by Gasteiger charge is 2.33. The average molecular weight is 323 g/mol. The molecule has 6 nitrogen and oxygen atoms in total. The summed E-state index contributed by atoms with van der Waals surface area (Å²) in [5, 5.41) is 2.87. The van der Waals surface area contributed by atoms with E-state index in [0.717, 1.165) is 11.3 Å². The molecule has 1 aliphatic heterocycles. The van der Waals surface area contributed by atoms with E-state index in [1.165, 1.54) is 0 Å². The molecule has 6 heteroatoms. The normalized spacial score (nSPS) is 19.2. The van der Waals surface area contributed by atoms with E-state index in [1.807, 2.05) is 60.1 Å². The minimum atomic E-state index is -0.683. The lowest BCUT2D eigenvalue weighted by Gasteiger charge is -2.30. The second-order valence-electron chi connectivity index (χ2n) is 5.72. The Hall–Kier alpha value is -3.02. The van der Waals surface area contributed by atoms with Gasteiger partial charge in [0.05, 0.1) is 12.2 Å². The zero-order chi connectivity index (χ0) is 16.5. The van der Waals surface area contributed by atoms with Crippen LogP contribution in [0.4, 0.5) is 0 Å². The third kappa shape index (κ3) is 2.67. The number of nitrogens with zero attached hydrogens (tertiary/aromatic N) is 2. The number of fused-ring (bicyclic) bond motifs is 2. The summed E-state index contributed by atoms with van der Waals surface area (Å²) in [6, 6.07) is 13.1. The minimum Gasteiger partial charge on any atom is -0.482 e. The van der Waals surface area contributed by atoms with E-state index in [4.69, 9.17) is 9.47 Å². The van der Waals surface area contributed by atoms with Crippen molar-refractivity contribution in [2.24, 2.45) is 0 Å². The molecule has 1 N–H and O–H groups in total. The van der Waals surface area contributed by atoms with Gasteiger partial charge >= 0.3 is 0 Å². The molecule has 1 amide bonds. The Balaban J connectivity index is 1.44. The summed E-state index contributed by atoms with van der Waals surface area (Å²) in [6.07, 6.45) is 2.77. The van der Waals surface area contributed by atoms with Crippen LogP contribution in [0.5, 0.6) is 11.5 Å². The number of imidazole rings is 1. The number of pyridine rings is 1. The molecule has 2 atom stereocenters. The van der Waals surface area contributed by atoms with Crippen LogP contribution in [0.2, 0.25) is 0 Å². The van der Waals surface area contributed by atoms with Crippen LogP contribution in [0, 0.1) is 0 Å². The minimum absolute atomic E-state index is 0.214. The molecule has 2 aromatic heterocycles. The van der Waals surface area contributed by atoms with Crippen LogP contribution in [0.1, 0.15) is 12.6 Å². The van der Waals surface area contributed by atoms with Gasteiger partial charge in [0.2, 0.25) is 6.10 Å². The van der Waals surface area contributed by atoms with E-state index in [0.29, 0.717) is 18.0 Å². The molecule has 1 aliphatic rings. The fourth-order valence-electron chi connectivity index (χ4n) is 2.76. The van der Waals surface area contributed by atoms with Crippen LogP contribution in [0.25, 0.3) is 5.65 Å². The van der Waals surface area contributed by atoms with Gasteiger partial charge in [-0.05, 0) is 31.2 Å². The molecular formula is C18H17N3O3. The Morgan fingerprint density at radius 1 is 1.17 bits per heavy atom. The average Bonchev–Trinajstić information content (AvgIpc) is 3.02. The molecule has 122 valence electrons. The number of carbonyl (C=O) groups excluding carboxylic acids is 1. The fourth-order valence-corrected chi connectivity index (χ4v) is 2.76. The number of hydrogen-bond donors (Lipinski definition) is 1. The van der Waals surface area contributed by atoms with Crippen LogP contribution in [-0.4, -0.2) is 27.5 Å². The number of amides is 1. The lowest BCUT2D eigenvalue weighted by molar-refractivity contribution is -0.133. The van der Waals surface area contributed by atoms with Crippen molar-refractivity contribution in [3.63, 3.8) is 0 Å². The summed E-state index contributed by atoms with van der Waals surface area (Å²) >= 11 is 0. The van der Waals surface area contributed by atoms with Gasteiger partial charge in [0.1, 0.15) is 11.8 Å². The van der Waals surface area contributed by atoms with Crippen LogP contribution < -0.4 is 14.8 Å². The monoisotopic (exact) mass is 323 g/mol. The third-order valence-electron chi connectivity index (χ3n) is 3.96. The molecule has 0 bridgehead atoms. The number of aromatic nitrogens is 2. The van der Waals surface area contributed by atoms with Crippen molar-refractivity contribution >= 4 is 11.6 Å². The van der Waals surface area contributed by atoms with E-state index >= 15 is 0 Å². The number of nitrogens with one attached hydrogen (secondary N) is 1. The lowest BCUT2D eigenvalue weighted by Crippen LogP contribution is -2.48. The van der Waals surface area contributed by atoms with Gasteiger partial charge < -0.3 is 19.2 Å². The zero-order valence-electron chi connectivity index (χ0n) is 13.2. The Labute approximate surface area is 139 Å². The summed E-state index contributed by atoms with van der Waals surface area (Å²) in [5.74, 6) is 1.03. The molecule has 0 spiro atoms. The zero-order valence-corrected chi connectivity index (χ0v) is 13.2. The predicted molar refractivity (Wildman–Crippen MR) is 88.0 cm³/mol. The molecule has 0 fully saturated rings. The number of carbonyl (C=O) groups is 1. The molecule has 4 rings (SSSR count). The van der Waals surface area contributed by atoms with Crippen molar-refractivity contribution in [2.75, 3.05) is 0 Å². The number of rotatable bonds is 3. The van der Waals surface area contributed by atoms with Gasteiger partial charge in [-0.15, -0.1) is 0 Å². The lowest BCUT2D eigenvalue weighted by atomic mass is 10.1. The maximum absolute atomic E-state index is 12.5. The van der Waals surface area contributed by atoms with E-state index in [1.54, 1.807) is 6.07 Å². The van der Waals surface area contributed by atoms with Crippen LogP contribution in [0.3, 0.4) is 0 Å². The first kappa shape index (κ1) is 14.6. The Morgan fingerprint density at radius 3 is 2.71 bits per heavy atom. The van der Waals surface area contributed by atoms with Crippen molar-refractivity contribution in [1.29, 1.82) is 0 Å². The first-order valence-electron chi connectivity index (χ1n) is 7.83. The number of ether oxygens (including phenoxy) is 2. The van der Waals surface area contributed by atoms with Gasteiger partial charge in [-0.2, -0.15) is 0 Å². The fraction of sp³-hybridized carbons (Fsp3) is 0.222. The summed E-state index contributed by atoms with van der Waals surface area (Å²) in [5.41, 5.74) is 1.64. The summed E-state index contributed by atoms with van der Waals surface area (Å²) in [6.45, 7) is 2.17. The summed E-state index contributed by atoms with van der Waals surface area (Å²) < 4.78 is 13.5. The Kier molecular flexibility index (Phi) is 3.57. The molecule has 0 aliphatic carbocycles. The van der Waals surface area contributed by atoms with Crippen molar-refractivity contribution in [1.82, 2.24) is 14.7 Å². The standard InChI is InChI=1S/C18H17N3O3/c1-12-17(24-15-7-3-2-6-14(15)23-12)18(22)19-10-13-11-21-9-5-4-8-16(21)20-13/h2-9,11-12,17H,10H2,1H3,(H,19,22)/t12-,17-/m1/s1. The third-order valence-corrected chi connectivity index (χ3v) is 3.96. The molecule has 0 saturated carbocycles. The first-order chi connectivity index (χ1) is 11.7. The molecule has 3 heterocycles. The van der Waals surface area contributed by atoms with Gasteiger partial charge in [0, 0.05) is 12.4 Å². The maximum Gasteiger partial charge on any atom is 0.265 e. The molecule has 0 saturated heterocycles. The van der Waals surface area contributed by atoms with Gasteiger partial charge in [-0.3, -0.25) is 4.79 Å². The maximum atomic E-state index is 12.5. The van der Waals surface area contributed by atoms with Gasteiger partial charge in [-0.1, -0.05) is 18.2 Å². The smallest absolute Gasteiger partial charge is 0.265 e. The Morgan fingerprint density at radius 2 is 1.92 bits per heavy atom. The molecule has 3 aromatic rings. The number of benzene rings is 1. The summed E-state index contributed by atoms with van der Waals surface area (Å²) in [7, 11) is 0. The number of para-hydroxylation sites is 2. The molecular weight excluding hydrogens is 306 g/mol.